The molecule has 1 atom stereocenters. The molecule has 9 heteroatoms. The number of hydrogen-bond donors (Lipinski definition) is 2. The van der Waals surface area contributed by atoms with E-state index < -0.39 is 0 Å². The van der Waals surface area contributed by atoms with E-state index in [9.17, 15) is 4.79 Å². The maximum absolute atomic E-state index is 13.1. The summed E-state index contributed by atoms with van der Waals surface area (Å²) < 4.78 is 0. The lowest BCUT2D eigenvalue weighted by molar-refractivity contribution is -0.137. The first kappa shape index (κ1) is 19.6. The summed E-state index contributed by atoms with van der Waals surface area (Å²) in [6.07, 6.45) is 6.03. The number of aryl methyl sites for hydroxylation is 1. The molecule has 32 heavy (non-hydrogen) atoms. The Morgan fingerprint density at radius 2 is 2.09 bits per heavy atom. The molecule has 1 aromatic carbocycles. The fraction of sp³-hybridized carbons (Fsp3) is 0.391. The molecule has 0 spiro atoms. The van der Waals surface area contributed by atoms with Crippen molar-refractivity contribution in [2.24, 2.45) is 5.92 Å². The zero-order valence-corrected chi connectivity index (χ0v) is 18.8. The van der Waals surface area contributed by atoms with E-state index in [0.717, 1.165) is 78.1 Å². The third kappa shape index (κ3) is 3.41. The van der Waals surface area contributed by atoms with Crippen LogP contribution in [-0.4, -0.2) is 69.1 Å². The first-order chi connectivity index (χ1) is 15.7. The number of nitrogens with zero attached hydrogens (tertiary/aromatic N) is 5. The summed E-state index contributed by atoms with van der Waals surface area (Å²) in [5, 5.41) is 12.7. The van der Waals surface area contributed by atoms with Gasteiger partial charge in [-0.15, -0.1) is 11.3 Å². The third-order valence-corrected chi connectivity index (χ3v) is 7.87. The smallest absolute Gasteiger partial charge is 0.226 e. The zero-order chi connectivity index (χ0) is 21.7. The summed E-state index contributed by atoms with van der Waals surface area (Å²) in [4.78, 5) is 28.9. The summed E-state index contributed by atoms with van der Waals surface area (Å²) in [5.74, 6) is 1.23. The van der Waals surface area contributed by atoms with Gasteiger partial charge in [0.1, 0.15) is 17.0 Å². The van der Waals surface area contributed by atoms with Crippen LogP contribution in [-0.2, 0) is 17.6 Å². The molecule has 0 bridgehead atoms. The van der Waals surface area contributed by atoms with Gasteiger partial charge < -0.3 is 15.1 Å². The van der Waals surface area contributed by atoms with Gasteiger partial charge in [0.2, 0.25) is 5.91 Å². The van der Waals surface area contributed by atoms with Crippen LogP contribution in [0.2, 0.25) is 0 Å². The Morgan fingerprint density at radius 3 is 2.97 bits per heavy atom. The molecule has 2 N–H and O–H groups in total. The van der Waals surface area contributed by atoms with Crippen LogP contribution in [0.5, 0.6) is 0 Å². The fourth-order valence-electron chi connectivity index (χ4n) is 4.86. The largest absolute Gasteiger partial charge is 0.340 e. The number of benzene rings is 1. The number of fused-ring (bicyclic) bond motifs is 4. The molecule has 2 aliphatic rings. The van der Waals surface area contributed by atoms with Crippen LogP contribution < -0.4 is 5.32 Å². The number of aromatic nitrogens is 4. The van der Waals surface area contributed by atoms with E-state index in [0.29, 0.717) is 5.91 Å². The first-order valence-corrected chi connectivity index (χ1v) is 11.9. The number of piperazine rings is 1. The maximum Gasteiger partial charge on any atom is 0.226 e. The average molecular weight is 448 g/mol. The third-order valence-electron chi connectivity index (χ3n) is 6.71. The van der Waals surface area contributed by atoms with Gasteiger partial charge in [0.05, 0.1) is 17.1 Å². The van der Waals surface area contributed by atoms with Gasteiger partial charge in [0.25, 0.3) is 0 Å². The molecule has 6 rings (SSSR count). The molecule has 1 fully saturated rings. The number of thiophene rings is 1. The van der Waals surface area contributed by atoms with Crippen LogP contribution in [0.25, 0.3) is 21.1 Å². The van der Waals surface area contributed by atoms with E-state index in [1.165, 1.54) is 10.4 Å². The van der Waals surface area contributed by atoms with Gasteiger partial charge in [-0.1, -0.05) is 0 Å². The van der Waals surface area contributed by atoms with Crippen LogP contribution in [0.4, 0.5) is 11.5 Å². The van der Waals surface area contributed by atoms with Crippen molar-refractivity contribution in [3.05, 3.63) is 41.2 Å². The van der Waals surface area contributed by atoms with Crippen molar-refractivity contribution < 1.29 is 4.79 Å². The molecule has 0 radical (unpaired) electrons. The Labute approximate surface area is 189 Å². The molecule has 1 amide bonds. The van der Waals surface area contributed by atoms with E-state index in [1.54, 1.807) is 17.7 Å². The van der Waals surface area contributed by atoms with Crippen LogP contribution in [0.3, 0.4) is 0 Å². The number of likely N-dealkylation sites (N-methyl/N-ethyl adjacent to an activating group) is 1. The van der Waals surface area contributed by atoms with Gasteiger partial charge in [-0.25, -0.2) is 9.97 Å². The number of nitrogens with one attached hydrogen (secondary N) is 2. The van der Waals surface area contributed by atoms with Crippen molar-refractivity contribution in [1.82, 2.24) is 30.0 Å². The Balaban J connectivity index is 1.27. The molecule has 4 heterocycles. The van der Waals surface area contributed by atoms with Gasteiger partial charge in [-0.05, 0) is 50.1 Å². The molecule has 0 saturated carbocycles. The van der Waals surface area contributed by atoms with Crippen LogP contribution in [0, 0.1) is 5.92 Å². The van der Waals surface area contributed by atoms with Gasteiger partial charge >= 0.3 is 0 Å². The quantitative estimate of drug-likeness (QED) is 0.501. The molecular formula is C23H25N7OS. The minimum atomic E-state index is 0.0758. The number of aromatic amines is 1. The molecule has 4 aromatic rings. The van der Waals surface area contributed by atoms with Crippen LogP contribution in [0.15, 0.2) is 30.7 Å². The number of hydrogen-bond acceptors (Lipinski definition) is 7. The second-order valence-corrected chi connectivity index (χ2v) is 9.86. The molecular weight excluding hydrogens is 422 g/mol. The van der Waals surface area contributed by atoms with E-state index in [-0.39, 0.29) is 5.92 Å². The van der Waals surface area contributed by atoms with Crippen molar-refractivity contribution in [2.75, 3.05) is 38.5 Å². The molecule has 164 valence electrons. The molecule has 1 aliphatic carbocycles. The van der Waals surface area contributed by atoms with E-state index >= 15 is 0 Å². The molecule has 1 saturated heterocycles. The van der Waals surface area contributed by atoms with Crippen LogP contribution in [0.1, 0.15) is 16.9 Å². The minimum absolute atomic E-state index is 0.0758. The Hall–Kier alpha value is -3.04. The number of rotatable bonds is 3. The molecule has 1 aliphatic heterocycles. The SMILES string of the molecule is CN1CCN(C(=O)[C@@H]2CCc3c(sc4ncnc(Nc5ccc6[nH]ncc6c5)c34)C2)CC1. The van der Waals surface area contributed by atoms with E-state index in [2.05, 4.69) is 48.4 Å². The topological polar surface area (TPSA) is 90.0 Å². The monoisotopic (exact) mass is 447 g/mol. The number of amides is 1. The highest BCUT2D eigenvalue weighted by Crippen LogP contribution is 2.41. The van der Waals surface area contributed by atoms with E-state index in [1.807, 2.05) is 18.3 Å². The Bertz CT molecular complexity index is 1300. The number of anilines is 2. The summed E-state index contributed by atoms with van der Waals surface area (Å²) >= 11 is 1.71. The molecule has 0 unspecified atom stereocenters. The first-order valence-electron chi connectivity index (χ1n) is 11.1. The summed E-state index contributed by atoms with van der Waals surface area (Å²) in [5.41, 5.74) is 3.28. The lowest BCUT2D eigenvalue weighted by atomic mass is 9.86. The Kier molecular flexibility index (Phi) is 4.80. The van der Waals surface area contributed by atoms with Crippen molar-refractivity contribution in [2.45, 2.75) is 19.3 Å². The predicted octanol–water partition coefficient (Wildman–Crippen LogP) is 3.19. The second kappa shape index (κ2) is 7.83. The normalized spacial score (nSPS) is 19.4. The Morgan fingerprint density at radius 1 is 1.22 bits per heavy atom. The summed E-state index contributed by atoms with van der Waals surface area (Å²) in [6.45, 7) is 3.60. The maximum atomic E-state index is 13.1. The predicted molar refractivity (Wildman–Crippen MR) is 126 cm³/mol. The highest BCUT2D eigenvalue weighted by Gasteiger charge is 2.32. The lowest BCUT2D eigenvalue weighted by Crippen LogP contribution is -2.49. The van der Waals surface area contributed by atoms with Crippen LogP contribution >= 0.6 is 11.3 Å². The van der Waals surface area contributed by atoms with E-state index in [4.69, 9.17) is 0 Å². The van der Waals surface area contributed by atoms with Crippen molar-refractivity contribution in [3.63, 3.8) is 0 Å². The van der Waals surface area contributed by atoms with Crippen molar-refractivity contribution in [3.8, 4) is 0 Å². The fourth-order valence-corrected chi connectivity index (χ4v) is 6.13. The van der Waals surface area contributed by atoms with Gasteiger partial charge in [0, 0.05) is 48.0 Å². The molecule has 8 nitrogen and oxygen atoms in total. The highest BCUT2D eigenvalue weighted by atomic mass is 32.1. The van der Waals surface area contributed by atoms with Gasteiger partial charge in [-0.3, -0.25) is 9.89 Å². The zero-order valence-electron chi connectivity index (χ0n) is 18.0. The van der Waals surface area contributed by atoms with Crippen molar-refractivity contribution in [1.29, 1.82) is 0 Å². The van der Waals surface area contributed by atoms with Crippen molar-refractivity contribution >= 4 is 49.9 Å². The average Bonchev–Trinajstić information content (AvgIpc) is 3.43. The number of carbonyl (C=O) groups is 1. The number of H-pyrrole nitrogens is 1. The molecule has 3 aromatic heterocycles. The lowest BCUT2D eigenvalue weighted by Gasteiger charge is -2.35. The van der Waals surface area contributed by atoms with Gasteiger partial charge in [0.15, 0.2) is 0 Å². The minimum Gasteiger partial charge on any atom is -0.340 e. The highest BCUT2D eigenvalue weighted by molar-refractivity contribution is 7.19. The second-order valence-electron chi connectivity index (χ2n) is 8.77. The number of carbonyl (C=O) groups excluding carboxylic acids is 1. The standard InChI is InChI=1S/C23H25N7OS/c1-29-6-8-30(9-7-29)23(31)14-2-4-17-19(11-14)32-22-20(17)21(24-13-25-22)27-16-3-5-18-15(10-16)12-26-28-18/h3,5,10,12-14H,2,4,6-9,11H2,1H3,(H,26,28)(H,24,25,27)/t14-/m1/s1. The van der Waals surface area contributed by atoms with Gasteiger partial charge in [-0.2, -0.15) is 5.10 Å². The summed E-state index contributed by atoms with van der Waals surface area (Å²) in [6, 6.07) is 6.11. The summed E-state index contributed by atoms with van der Waals surface area (Å²) in [7, 11) is 2.12.